The van der Waals surface area contributed by atoms with Gasteiger partial charge in [-0.1, -0.05) is 46.8 Å². The predicted molar refractivity (Wildman–Crippen MR) is 96.5 cm³/mol. The number of hydrogen-bond acceptors (Lipinski definition) is 3. The minimum Gasteiger partial charge on any atom is -0.381 e. The molecule has 0 amide bonds. The van der Waals surface area contributed by atoms with Crippen LogP contribution in [0.5, 0.6) is 0 Å². The normalized spacial score (nSPS) is 13.3. The number of benzene rings is 1. The molecule has 1 aromatic carbocycles. The lowest BCUT2D eigenvalue weighted by Gasteiger charge is -2.25. The van der Waals surface area contributed by atoms with Gasteiger partial charge in [-0.15, -0.1) is 0 Å². The summed E-state index contributed by atoms with van der Waals surface area (Å²) in [5, 5.41) is 0. The van der Waals surface area contributed by atoms with Crippen LogP contribution in [0, 0.1) is 17.8 Å². The summed E-state index contributed by atoms with van der Waals surface area (Å²) in [6.07, 6.45) is 1.72. The van der Waals surface area contributed by atoms with Gasteiger partial charge in [0.05, 0.1) is 17.3 Å². The van der Waals surface area contributed by atoms with Gasteiger partial charge in [-0.2, -0.15) is 0 Å². The maximum Gasteiger partial charge on any atom is 0.178 e. The maximum absolute atomic E-state index is 12.6. The average Bonchev–Trinajstić information content (AvgIpc) is 2.35. The number of aryl methyl sites for hydroxylation is 1. The van der Waals surface area contributed by atoms with Crippen molar-refractivity contribution in [2.75, 3.05) is 19.0 Å². The zero-order chi connectivity index (χ0) is 17.7. The molecule has 3 nitrogen and oxygen atoms in total. The number of sulfone groups is 1. The highest BCUT2D eigenvalue weighted by atomic mass is 32.2. The van der Waals surface area contributed by atoms with Gasteiger partial charge in [-0.3, -0.25) is 0 Å². The van der Waals surface area contributed by atoms with E-state index in [4.69, 9.17) is 4.74 Å². The molecule has 0 heterocycles. The second kappa shape index (κ2) is 7.80. The molecule has 0 unspecified atom stereocenters. The van der Waals surface area contributed by atoms with Gasteiger partial charge in [0, 0.05) is 6.61 Å². The summed E-state index contributed by atoms with van der Waals surface area (Å²) in [5.74, 6) is 0.169. The van der Waals surface area contributed by atoms with E-state index in [0.29, 0.717) is 11.5 Å². The van der Waals surface area contributed by atoms with E-state index < -0.39 is 9.84 Å². The van der Waals surface area contributed by atoms with Crippen molar-refractivity contribution in [1.29, 1.82) is 0 Å². The summed E-state index contributed by atoms with van der Waals surface area (Å²) in [6, 6.07) is 7.15. The molecular weight excluding hydrogens is 308 g/mol. The lowest BCUT2D eigenvalue weighted by molar-refractivity contribution is 0.0649. The molecule has 0 atom stereocenters. The third kappa shape index (κ3) is 7.98. The molecule has 0 saturated carbocycles. The van der Waals surface area contributed by atoms with Crippen LogP contribution in [0.25, 0.3) is 0 Å². The van der Waals surface area contributed by atoms with Gasteiger partial charge in [0.1, 0.15) is 0 Å². The van der Waals surface area contributed by atoms with Crippen LogP contribution in [0.1, 0.15) is 53.0 Å². The first-order valence-electron chi connectivity index (χ1n) is 8.29. The summed E-state index contributed by atoms with van der Waals surface area (Å²) in [5.41, 5.74) is 0.886. The molecule has 0 spiro atoms. The van der Waals surface area contributed by atoms with Crippen molar-refractivity contribution in [2.24, 2.45) is 10.8 Å². The first kappa shape index (κ1) is 20.2. The molecule has 1 rings (SSSR count). The van der Waals surface area contributed by atoms with Crippen molar-refractivity contribution in [3.63, 3.8) is 0 Å². The molecule has 0 aliphatic carbocycles. The SMILES string of the molecule is Cc1cccc(S(=O)(=O)CC(C)(C)CCCOCC(C)(C)C)c1. The summed E-state index contributed by atoms with van der Waals surface area (Å²) < 4.78 is 30.9. The Labute approximate surface area is 142 Å². The minimum absolute atomic E-state index is 0.169. The van der Waals surface area contributed by atoms with Crippen LogP contribution in [-0.4, -0.2) is 27.4 Å². The zero-order valence-corrected chi connectivity index (χ0v) is 16.3. The van der Waals surface area contributed by atoms with Gasteiger partial charge >= 0.3 is 0 Å². The first-order chi connectivity index (χ1) is 10.4. The van der Waals surface area contributed by atoms with Crippen molar-refractivity contribution < 1.29 is 13.2 Å². The summed E-state index contributed by atoms with van der Waals surface area (Å²) >= 11 is 0. The van der Waals surface area contributed by atoms with Crippen LogP contribution in [0.15, 0.2) is 29.2 Å². The van der Waals surface area contributed by atoms with E-state index in [2.05, 4.69) is 20.8 Å². The minimum atomic E-state index is -3.25. The monoisotopic (exact) mass is 340 g/mol. The Hall–Kier alpha value is -0.870. The number of ether oxygens (including phenoxy) is 1. The van der Waals surface area contributed by atoms with E-state index >= 15 is 0 Å². The molecule has 4 heteroatoms. The third-order valence-corrected chi connectivity index (χ3v) is 5.74. The predicted octanol–water partition coefficient (Wildman–Crippen LogP) is 4.64. The first-order valence-corrected chi connectivity index (χ1v) is 9.94. The fourth-order valence-corrected chi connectivity index (χ4v) is 4.50. The van der Waals surface area contributed by atoms with Crippen molar-refractivity contribution in [3.05, 3.63) is 29.8 Å². The van der Waals surface area contributed by atoms with Gasteiger partial charge in [-0.25, -0.2) is 8.42 Å². The fraction of sp³-hybridized carbons (Fsp3) is 0.684. The molecule has 0 fully saturated rings. The Bertz CT molecular complexity index is 595. The molecule has 0 bridgehead atoms. The van der Waals surface area contributed by atoms with Crippen LogP contribution >= 0.6 is 0 Å². The Balaban J connectivity index is 2.54. The molecule has 0 radical (unpaired) electrons. The molecule has 0 saturated heterocycles. The van der Waals surface area contributed by atoms with Crippen molar-refractivity contribution >= 4 is 9.84 Å². The van der Waals surface area contributed by atoms with Crippen molar-refractivity contribution in [3.8, 4) is 0 Å². The van der Waals surface area contributed by atoms with E-state index in [1.165, 1.54) is 0 Å². The Kier molecular flexibility index (Phi) is 6.84. The highest BCUT2D eigenvalue weighted by Crippen LogP contribution is 2.28. The molecule has 0 aliphatic heterocycles. The van der Waals surface area contributed by atoms with Gasteiger partial charge in [0.2, 0.25) is 0 Å². The topological polar surface area (TPSA) is 43.4 Å². The molecule has 0 N–H and O–H groups in total. The van der Waals surface area contributed by atoms with E-state index in [1.807, 2.05) is 26.8 Å². The van der Waals surface area contributed by atoms with Crippen LogP contribution in [0.4, 0.5) is 0 Å². The van der Waals surface area contributed by atoms with Crippen LogP contribution in [0.2, 0.25) is 0 Å². The lowest BCUT2D eigenvalue weighted by atomic mass is 9.90. The lowest BCUT2D eigenvalue weighted by Crippen LogP contribution is -2.25. The number of rotatable bonds is 8. The summed E-state index contributed by atoms with van der Waals surface area (Å²) in [7, 11) is -3.25. The highest BCUT2D eigenvalue weighted by molar-refractivity contribution is 7.91. The van der Waals surface area contributed by atoms with E-state index in [9.17, 15) is 8.42 Å². The molecule has 0 aromatic heterocycles. The van der Waals surface area contributed by atoms with Crippen molar-refractivity contribution in [2.45, 2.75) is 59.3 Å². The van der Waals surface area contributed by atoms with Gasteiger partial charge in [-0.05, 0) is 48.3 Å². The fourth-order valence-electron chi connectivity index (χ4n) is 2.51. The van der Waals surface area contributed by atoms with Crippen LogP contribution in [0.3, 0.4) is 0 Å². The zero-order valence-electron chi connectivity index (χ0n) is 15.5. The molecule has 132 valence electrons. The standard InChI is InChI=1S/C19H32O3S/c1-16-9-7-10-17(13-16)23(20,21)15-19(5,6)11-8-12-22-14-18(2,3)4/h7,9-10,13H,8,11-12,14-15H2,1-6H3. The average molecular weight is 341 g/mol. The highest BCUT2D eigenvalue weighted by Gasteiger charge is 2.27. The molecular formula is C19H32O3S. The Morgan fingerprint density at radius 3 is 2.30 bits per heavy atom. The summed E-state index contributed by atoms with van der Waals surface area (Å²) in [4.78, 5) is 0.426. The van der Waals surface area contributed by atoms with Gasteiger partial charge in [0.25, 0.3) is 0 Å². The molecule has 1 aromatic rings. The Morgan fingerprint density at radius 2 is 1.74 bits per heavy atom. The Morgan fingerprint density at radius 1 is 1.09 bits per heavy atom. The maximum atomic E-state index is 12.6. The summed E-state index contributed by atoms with van der Waals surface area (Å²) in [6.45, 7) is 13.8. The largest absolute Gasteiger partial charge is 0.381 e. The van der Waals surface area contributed by atoms with Crippen molar-refractivity contribution in [1.82, 2.24) is 0 Å². The molecule has 0 aliphatic rings. The van der Waals surface area contributed by atoms with E-state index in [1.54, 1.807) is 18.2 Å². The van der Waals surface area contributed by atoms with Gasteiger partial charge < -0.3 is 4.74 Å². The third-order valence-electron chi connectivity index (χ3n) is 3.61. The quantitative estimate of drug-likeness (QED) is 0.648. The van der Waals surface area contributed by atoms with Crippen LogP contribution in [-0.2, 0) is 14.6 Å². The second-order valence-electron chi connectivity index (χ2n) is 8.46. The van der Waals surface area contributed by atoms with E-state index in [0.717, 1.165) is 25.0 Å². The van der Waals surface area contributed by atoms with Crippen LogP contribution < -0.4 is 0 Å². The smallest absolute Gasteiger partial charge is 0.178 e. The van der Waals surface area contributed by atoms with E-state index in [-0.39, 0.29) is 16.6 Å². The second-order valence-corrected chi connectivity index (χ2v) is 10.4. The van der Waals surface area contributed by atoms with Gasteiger partial charge in [0.15, 0.2) is 9.84 Å². The molecule has 23 heavy (non-hydrogen) atoms. The number of hydrogen-bond donors (Lipinski definition) is 0.